The van der Waals surface area contributed by atoms with Gasteiger partial charge in [0, 0.05) is 17.1 Å². The lowest BCUT2D eigenvalue weighted by Gasteiger charge is -2.10. The molecule has 0 bridgehead atoms. The maximum Gasteiger partial charge on any atom is 0.259 e. The molecule has 0 aliphatic heterocycles. The quantitative estimate of drug-likeness (QED) is 0.559. The molecule has 0 unspecified atom stereocenters. The van der Waals surface area contributed by atoms with E-state index in [1.165, 1.54) is 27.8 Å². The number of aromatic nitrogens is 2. The van der Waals surface area contributed by atoms with E-state index in [1.54, 1.807) is 11.3 Å². The van der Waals surface area contributed by atoms with E-state index in [1.807, 2.05) is 12.1 Å². The molecule has 0 saturated carbocycles. The van der Waals surface area contributed by atoms with Gasteiger partial charge in [-0.1, -0.05) is 12.1 Å². The summed E-state index contributed by atoms with van der Waals surface area (Å²) in [6.45, 7) is 0.998. The van der Waals surface area contributed by atoms with Crippen molar-refractivity contribution in [1.29, 1.82) is 0 Å². The molecule has 2 N–H and O–H groups in total. The van der Waals surface area contributed by atoms with Gasteiger partial charge in [0.25, 0.3) is 5.56 Å². The van der Waals surface area contributed by atoms with Crippen molar-refractivity contribution in [2.75, 3.05) is 31.7 Å². The van der Waals surface area contributed by atoms with E-state index in [2.05, 4.69) is 46.4 Å². The second kappa shape index (κ2) is 9.32. The Morgan fingerprint density at radius 3 is 2.83 bits per heavy atom. The molecule has 2 heterocycles. The first kappa shape index (κ1) is 21.1. The maximum atomic E-state index is 12.5. The summed E-state index contributed by atoms with van der Waals surface area (Å²) in [7, 11) is 4.12. The van der Waals surface area contributed by atoms with Crippen LogP contribution in [-0.2, 0) is 29.8 Å². The van der Waals surface area contributed by atoms with Gasteiger partial charge >= 0.3 is 0 Å². The van der Waals surface area contributed by atoms with Crippen LogP contribution >= 0.6 is 23.1 Å². The molecule has 3 aromatic rings. The van der Waals surface area contributed by atoms with Gasteiger partial charge in [0.2, 0.25) is 5.91 Å². The van der Waals surface area contributed by atoms with Crippen LogP contribution in [0.5, 0.6) is 0 Å². The SMILES string of the molecule is CN(C)CCc1ccc(NC(=O)CSCc2nc3sc4c(c3c(=O)[nH]2)CCC4)cc1. The third-order valence-corrected chi connectivity index (χ3v) is 7.31. The number of thioether (sulfide) groups is 1. The van der Waals surface area contributed by atoms with Crippen molar-refractivity contribution in [3.63, 3.8) is 0 Å². The number of benzene rings is 1. The summed E-state index contributed by atoms with van der Waals surface area (Å²) in [4.78, 5) is 36.6. The number of carbonyl (C=O) groups excluding carboxylic acids is 1. The Morgan fingerprint density at radius 2 is 2.07 bits per heavy atom. The Balaban J connectivity index is 1.29. The largest absolute Gasteiger partial charge is 0.325 e. The molecule has 4 rings (SSSR count). The Morgan fingerprint density at radius 1 is 1.27 bits per heavy atom. The van der Waals surface area contributed by atoms with Gasteiger partial charge in [-0.05, 0) is 63.0 Å². The lowest BCUT2D eigenvalue weighted by atomic mass is 10.1. The predicted octanol–water partition coefficient (Wildman–Crippen LogP) is 3.45. The minimum atomic E-state index is -0.0560. The van der Waals surface area contributed by atoms with E-state index in [0.717, 1.165) is 48.1 Å². The van der Waals surface area contributed by atoms with Crippen LogP contribution in [0.1, 0.15) is 28.2 Å². The van der Waals surface area contributed by atoms with Gasteiger partial charge in [0.1, 0.15) is 10.7 Å². The Kier molecular flexibility index (Phi) is 6.55. The topological polar surface area (TPSA) is 78.1 Å². The van der Waals surface area contributed by atoms with Crippen LogP contribution in [0, 0.1) is 0 Å². The molecular formula is C22H26N4O2S2. The molecule has 0 fully saturated rings. The van der Waals surface area contributed by atoms with Crippen molar-refractivity contribution in [3.05, 3.63) is 56.4 Å². The molecule has 1 aliphatic carbocycles. The number of hydrogen-bond donors (Lipinski definition) is 2. The highest BCUT2D eigenvalue weighted by Gasteiger charge is 2.21. The third kappa shape index (κ3) is 4.94. The van der Waals surface area contributed by atoms with E-state index in [4.69, 9.17) is 0 Å². The van der Waals surface area contributed by atoms with Crippen LogP contribution in [0.15, 0.2) is 29.1 Å². The standard InChI is InChI=1S/C22H26N4O2S2/c1-26(2)11-10-14-6-8-15(9-7-14)23-19(27)13-29-12-18-24-21(28)20-16-4-3-5-17(16)30-22(20)25-18/h6-9H,3-5,10-13H2,1-2H3,(H,23,27)(H,24,25,28). The fourth-order valence-electron chi connectivity index (χ4n) is 3.66. The second-order valence-electron chi connectivity index (χ2n) is 7.84. The monoisotopic (exact) mass is 442 g/mol. The van der Waals surface area contributed by atoms with E-state index in [-0.39, 0.29) is 11.5 Å². The molecule has 6 nitrogen and oxygen atoms in total. The summed E-state index contributed by atoms with van der Waals surface area (Å²) < 4.78 is 0. The van der Waals surface area contributed by atoms with E-state index >= 15 is 0 Å². The number of carbonyl (C=O) groups is 1. The zero-order valence-corrected chi connectivity index (χ0v) is 18.9. The van der Waals surface area contributed by atoms with Crippen molar-refractivity contribution in [2.45, 2.75) is 31.4 Å². The second-order valence-corrected chi connectivity index (χ2v) is 9.91. The summed E-state index contributed by atoms with van der Waals surface area (Å²) in [6, 6.07) is 7.98. The van der Waals surface area contributed by atoms with Crippen molar-refractivity contribution < 1.29 is 4.79 Å². The van der Waals surface area contributed by atoms with Gasteiger partial charge < -0.3 is 15.2 Å². The molecule has 158 valence electrons. The van der Waals surface area contributed by atoms with Crippen molar-refractivity contribution in [3.8, 4) is 0 Å². The number of amides is 1. The van der Waals surface area contributed by atoms with Gasteiger partial charge in [-0.15, -0.1) is 23.1 Å². The summed E-state index contributed by atoms with van der Waals surface area (Å²) in [5, 5.41) is 3.70. The molecule has 8 heteroatoms. The Hall–Kier alpha value is -2.16. The highest BCUT2D eigenvalue weighted by Crippen LogP contribution is 2.34. The molecule has 30 heavy (non-hydrogen) atoms. The lowest BCUT2D eigenvalue weighted by molar-refractivity contribution is -0.113. The molecular weight excluding hydrogens is 416 g/mol. The van der Waals surface area contributed by atoms with E-state index in [0.29, 0.717) is 17.3 Å². The zero-order chi connectivity index (χ0) is 21.1. The number of hydrogen-bond acceptors (Lipinski definition) is 6. The van der Waals surface area contributed by atoms with Gasteiger partial charge in [0.15, 0.2) is 0 Å². The van der Waals surface area contributed by atoms with Crippen LogP contribution in [0.2, 0.25) is 0 Å². The average Bonchev–Trinajstić information content (AvgIpc) is 3.28. The Labute approximate surface area is 184 Å². The number of likely N-dealkylation sites (N-methyl/N-ethyl adjacent to an activating group) is 1. The smallest absolute Gasteiger partial charge is 0.259 e. The zero-order valence-electron chi connectivity index (χ0n) is 17.3. The maximum absolute atomic E-state index is 12.5. The molecule has 1 aromatic carbocycles. The average molecular weight is 443 g/mol. The Bertz CT molecular complexity index is 1100. The fraction of sp³-hybridized carbons (Fsp3) is 0.409. The normalized spacial score (nSPS) is 13.2. The van der Waals surface area contributed by atoms with Gasteiger partial charge in [-0.2, -0.15) is 0 Å². The summed E-state index contributed by atoms with van der Waals surface area (Å²) in [5.41, 5.74) is 3.19. The number of nitrogens with one attached hydrogen (secondary N) is 2. The first-order chi connectivity index (χ1) is 14.5. The van der Waals surface area contributed by atoms with Crippen molar-refractivity contribution >= 4 is 44.9 Å². The number of anilines is 1. The van der Waals surface area contributed by atoms with Gasteiger partial charge in [0.05, 0.1) is 16.9 Å². The van der Waals surface area contributed by atoms with Crippen LogP contribution < -0.4 is 10.9 Å². The molecule has 0 atom stereocenters. The first-order valence-electron chi connectivity index (χ1n) is 10.1. The summed E-state index contributed by atoms with van der Waals surface area (Å²) in [6.07, 6.45) is 4.14. The number of aryl methyl sites for hydroxylation is 2. The molecule has 1 aliphatic rings. The number of rotatable bonds is 8. The van der Waals surface area contributed by atoms with Crippen molar-refractivity contribution in [2.24, 2.45) is 0 Å². The van der Waals surface area contributed by atoms with Gasteiger partial charge in [-0.3, -0.25) is 9.59 Å². The molecule has 1 amide bonds. The number of nitrogens with zero attached hydrogens (tertiary/aromatic N) is 2. The fourth-order valence-corrected chi connectivity index (χ4v) is 5.63. The summed E-state index contributed by atoms with van der Waals surface area (Å²) >= 11 is 3.09. The highest BCUT2D eigenvalue weighted by molar-refractivity contribution is 7.99. The number of fused-ring (bicyclic) bond motifs is 3. The predicted molar refractivity (Wildman–Crippen MR) is 126 cm³/mol. The first-order valence-corrected chi connectivity index (χ1v) is 12.1. The number of H-pyrrole nitrogens is 1. The molecule has 0 spiro atoms. The third-order valence-electron chi connectivity index (χ3n) is 5.18. The van der Waals surface area contributed by atoms with Crippen LogP contribution in [0.3, 0.4) is 0 Å². The van der Waals surface area contributed by atoms with E-state index < -0.39 is 0 Å². The molecule has 2 aromatic heterocycles. The van der Waals surface area contributed by atoms with Crippen LogP contribution in [0.4, 0.5) is 5.69 Å². The van der Waals surface area contributed by atoms with Gasteiger partial charge in [-0.25, -0.2) is 4.98 Å². The summed E-state index contributed by atoms with van der Waals surface area (Å²) in [5.74, 6) is 1.39. The van der Waals surface area contributed by atoms with Crippen LogP contribution in [-0.4, -0.2) is 47.2 Å². The molecule has 0 saturated heterocycles. The minimum Gasteiger partial charge on any atom is -0.325 e. The van der Waals surface area contributed by atoms with Crippen LogP contribution in [0.25, 0.3) is 10.2 Å². The van der Waals surface area contributed by atoms with Crippen molar-refractivity contribution in [1.82, 2.24) is 14.9 Å². The molecule has 0 radical (unpaired) electrons. The van der Waals surface area contributed by atoms with E-state index in [9.17, 15) is 9.59 Å². The lowest BCUT2D eigenvalue weighted by Crippen LogP contribution is -2.16. The minimum absolute atomic E-state index is 0.0474. The number of thiophene rings is 1. The number of aromatic amines is 1. The highest BCUT2D eigenvalue weighted by atomic mass is 32.2.